The summed E-state index contributed by atoms with van der Waals surface area (Å²) in [5.41, 5.74) is 1.07. The van der Waals surface area contributed by atoms with E-state index in [0.717, 1.165) is 15.5 Å². The maximum absolute atomic E-state index is 13.0. The first kappa shape index (κ1) is 16.7. The Morgan fingerprint density at radius 3 is 2.56 bits per heavy atom. The molecule has 1 heterocycles. The maximum Gasteiger partial charge on any atom is 0.437 e. The Balaban J connectivity index is 1.50. The molecule has 4 aromatic rings. The third-order valence-electron chi connectivity index (χ3n) is 4.02. The van der Waals surface area contributed by atoms with Gasteiger partial charge in [-0.3, -0.25) is 4.79 Å². The highest BCUT2D eigenvalue weighted by Gasteiger charge is 2.13. The molecule has 1 amide bonds. The monoisotopic (exact) mass is 363 g/mol. The molecule has 1 aromatic heterocycles. The van der Waals surface area contributed by atoms with Crippen LogP contribution in [0.25, 0.3) is 22.2 Å². The molecule has 0 saturated carbocycles. The van der Waals surface area contributed by atoms with Crippen LogP contribution >= 0.6 is 0 Å². The van der Waals surface area contributed by atoms with Gasteiger partial charge < -0.3 is 9.73 Å². The van der Waals surface area contributed by atoms with Crippen molar-refractivity contribution in [3.63, 3.8) is 0 Å². The number of fused-ring (bicyclic) bond motifs is 1. The molecule has 7 heteroatoms. The summed E-state index contributed by atoms with van der Waals surface area (Å²) in [6.45, 7) is -0.295. The van der Waals surface area contributed by atoms with Gasteiger partial charge in [0.05, 0.1) is 0 Å². The van der Waals surface area contributed by atoms with Gasteiger partial charge in [0.25, 0.3) is 0 Å². The smallest absolute Gasteiger partial charge is 0.388 e. The van der Waals surface area contributed by atoms with Gasteiger partial charge >= 0.3 is 5.76 Å². The maximum atomic E-state index is 13.0. The van der Waals surface area contributed by atoms with E-state index >= 15 is 0 Å². The molecular formula is C20H14FN3O3. The van der Waals surface area contributed by atoms with E-state index in [1.807, 2.05) is 36.4 Å². The predicted octanol–water partition coefficient (Wildman–Crippen LogP) is 3.43. The summed E-state index contributed by atoms with van der Waals surface area (Å²) in [7, 11) is 0. The number of rotatable bonds is 4. The van der Waals surface area contributed by atoms with Crippen LogP contribution in [0.15, 0.2) is 75.9 Å². The highest BCUT2D eigenvalue weighted by molar-refractivity contribution is 5.94. The van der Waals surface area contributed by atoms with E-state index in [-0.39, 0.29) is 12.4 Å². The van der Waals surface area contributed by atoms with Crippen LogP contribution < -0.4 is 11.1 Å². The minimum Gasteiger partial charge on any atom is -0.388 e. The Bertz CT molecular complexity index is 1180. The molecular weight excluding hydrogens is 349 g/mol. The molecule has 0 fully saturated rings. The van der Waals surface area contributed by atoms with Crippen LogP contribution in [-0.2, 0) is 11.3 Å². The van der Waals surface area contributed by atoms with E-state index in [1.54, 1.807) is 6.07 Å². The second-order valence-corrected chi connectivity index (χ2v) is 5.95. The lowest BCUT2D eigenvalue weighted by molar-refractivity contribution is -0.117. The van der Waals surface area contributed by atoms with Crippen LogP contribution in [0.1, 0.15) is 0 Å². The van der Waals surface area contributed by atoms with Crippen molar-refractivity contribution >= 4 is 22.4 Å². The van der Waals surface area contributed by atoms with Gasteiger partial charge in [-0.25, -0.2) is 9.18 Å². The number of nitrogens with one attached hydrogen (secondary N) is 1. The fourth-order valence-electron chi connectivity index (χ4n) is 2.72. The number of benzene rings is 3. The molecule has 0 saturated heterocycles. The van der Waals surface area contributed by atoms with E-state index < -0.39 is 17.5 Å². The second kappa shape index (κ2) is 6.87. The summed E-state index contributed by atoms with van der Waals surface area (Å²) in [4.78, 5) is 24.2. The summed E-state index contributed by atoms with van der Waals surface area (Å²) in [5, 5.41) is 8.79. The zero-order valence-corrected chi connectivity index (χ0v) is 14.1. The van der Waals surface area contributed by atoms with Gasteiger partial charge in [0.1, 0.15) is 12.4 Å². The van der Waals surface area contributed by atoms with E-state index in [4.69, 9.17) is 4.42 Å². The Morgan fingerprint density at radius 2 is 1.78 bits per heavy atom. The lowest BCUT2D eigenvalue weighted by Gasteiger charge is -2.06. The van der Waals surface area contributed by atoms with Crippen molar-refractivity contribution < 1.29 is 13.6 Å². The van der Waals surface area contributed by atoms with Crippen LogP contribution in [0.3, 0.4) is 0 Å². The van der Waals surface area contributed by atoms with Gasteiger partial charge in [-0.2, -0.15) is 4.68 Å². The highest BCUT2D eigenvalue weighted by Crippen LogP contribution is 2.19. The Kier molecular flexibility index (Phi) is 4.25. The molecule has 134 valence electrons. The van der Waals surface area contributed by atoms with Gasteiger partial charge in [-0.1, -0.05) is 30.3 Å². The largest absolute Gasteiger partial charge is 0.437 e. The van der Waals surface area contributed by atoms with Gasteiger partial charge in [0.2, 0.25) is 11.8 Å². The molecule has 0 aliphatic rings. The summed E-state index contributed by atoms with van der Waals surface area (Å²) in [6, 6.07) is 18.7. The third kappa shape index (κ3) is 3.62. The Hall–Kier alpha value is -3.74. The Labute approximate surface area is 152 Å². The zero-order valence-electron chi connectivity index (χ0n) is 14.1. The van der Waals surface area contributed by atoms with Crippen LogP contribution in [-0.4, -0.2) is 15.7 Å². The molecule has 1 N–H and O–H groups in total. The highest BCUT2D eigenvalue weighted by atomic mass is 19.1. The van der Waals surface area contributed by atoms with Crippen molar-refractivity contribution in [2.24, 2.45) is 0 Å². The fourth-order valence-corrected chi connectivity index (χ4v) is 2.72. The summed E-state index contributed by atoms with van der Waals surface area (Å²) < 4.78 is 19.0. The van der Waals surface area contributed by atoms with Gasteiger partial charge in [0, 0.05) is 11.3 Å². The van der Waals surface area contributed by atoms with Crippen LogP contribution in [0.5, 0.6) is 0 Å². The average Bonchev–Trinajstić information content (AvgIpc) is 3.02. The average molecular weight is 363 g/mol. The first-order valence-electron chi connectivity index (χ1n) is 8.21. The third-order valence-corrected chi connectivity index (χ3v) is 4.02. The summed E-state index contributed by atoms with van der Waals surface area (Å²) >= 11 is 0. The number of anilines is 1. The van der Waals surface area contributed by atoms with Gasteiger partial charge in [0.15, 0.2) is 0 Å². The van der Waals surface area contributed by atoms with Crippen molar-refractivity contribution in [1.29, 1.82) is 0 Å². The molecule has 6 nitrogen and oxygen atoms in total. The van der Waals surface area contributed by atoms with Crippen molar-refractivity contribution in [2.45, 2.75) is 6.54 Å². The zero-order chi connectivity index (χ0) is 18.8. The van der Waals surface area contributed by atoms with Crippen molar-refractivity contribution in [3.8, 4) is 11.5 Å². The van der Waals surface area contributed by atoms with Crippen molar-refractivity contribution in [2.75, 3.05) is 5.32 Å². The van der Waals surface area contributed by atoms with Gasteiger partial charge in [-0.15, -0.1) is 5.10 Å². The fraction of sp³-hybridized carbons (Fsp3) is 0.0500. The quantitative estimate of drug-likeness (QED) is 0.603. The minimum absolute atomic E-state index is 0.0264. The minimum atomic E-state index is -0.761. The number of carbonyl (C=O) groups excluding carboxylic acids is 1. The van der Waals surface area contributed by atoms with E-state index in [2.05, 4.69) is 10.4 Å². The lowest BCUT2D eigenvalue weighted by Crippen LogP contribution is -2.25. The molecule has 0 unspecified atom stereocenters. The van der Waals surface area contributed by atoms with E-state index in [0.29, 0.717) is 11.3 Å². The van der Waals surface area contributed by atoms with E-state index in [9.17, 15) is 14.0 Å². The standard InChI is InChI=1S/C20H14FN3O3/c21-16-8-5-14(6-9-16)19-23-24(20(26)27-19)12-18(25)22-17-10-7-13-3-1-2-4-15(13)11-17/h1-11H,12H2,(H,22,25). The first-order valence-corrected chi connectivity index (χ1v) is 8.21. The first-order chi connectivity index (χ1) is 13.1. The molecule has 0 radical (unpaired) electrons. The number of aromatic nitrogens is 2. The number of amides is 1. The van der Waals surface area contributed by atoms with Crippen LogP contribution in [0.4, 0.5) is 10.1 Å². The van der Waals surface area contributed by atoms with Gasteiger partial charge in [-0.05, 0) is 47.2 Å². The van der Waals surface area contributed by atoms with Crippen LogP contribution in [0, 0.1) is 5.82 Å². The molecule has 0 atom stereocenters. The molecule has 0 aliphatic carbocycles. The second-order valence-electron chi connectivity index (χ2n) is 5.95. The molecule has 4 rings (SSSR count). The molecule has 0 aliphatic heterocycles. The normalized spacial score (nSPS) is 10.9. The molecule has 27 heavy (non-hydrogen) atoms. The number of carbonyl (C=O) groups is 1. The topological polar surface area (TPSA) is 77.1 Å². The van der Waals surface area contributed by atoms with Crippen LogP contribution in [0.2, 0.25) is 0 Å². The lowest BCUT2D eigenvalue weighted by atomic mass is 10.1. The molecule has 0 bridgehead atoms. The van der Waals surface area contributed by atoms with Crippen molar-refractivity contribution in [3.05, 3.63) is 83.1 Å². The number of hydrogen-bond acceptors (Lipinski definition) is 4. The number of hydrogen-bond donors (Lipinski definition) is 1. The summed E-state index contributed by atoms with van der Waals surface area (Å²) in [6.07, 6.45) is 0. The number of nitrogens with zero attached hydrogens (tertiary/aromatic N) is 2. The number of halogens is 1. The SMILES string of the molecule is O=C(Cn1nc(-c2ccc(F)cc2)oc1=O)Nc1ccc2ccccc2c1. The van der Waals surface area contributed by atoms with E-state index in [1.165, 1.54) is 24.3 Å². The summed E-state index contributed by atoms with van der Waals surface area (Å²) in [5.74, 6) is -1.55. The molecule has 0 spiro atoms. The molecule has 3 aromatic carbocycles. The van der Waals surface area contributed by atoms with Crippen molar-refractivity contribution in [1.82, 2.24) is 9.78 Å². The predicted molar refractivity (Wildman–Crippen MR) is 98.7 cm³/mol. The Morgan fingerprint density at radius 1 is 1.04 bits per heavy atom.